The van der Waals surface area contributed by atoms with Crippen LogP contribution in [-0.4, -0.2) is 15.9 Å². The van der Waals surface area contributed by atoms with Crippen molar-refractivity contribution in [2.75, 3.05) is 5.32 Å². The van der Waals surface area contributed by atoms with Crippen LogP contribution in [0.4, 0.5) is 5.13 Å². The maximum absolute atomic E-state index is 12.3. The molecule has 0 aliphatic rings. The van der Waals surface area contributed by atoms with Crippen molar-refractivity contribution in [3.05, 3.63) is 39.6 Å². The smallest absolute Gasteiger partial charge is 0.257 e. The summed E-state index contributed by atoms with van der Waals surface area (Å²) in [4.78, 5) is 20.9. The summed E-state index contributed by atoms with van der Waals surface area (Å²) in [5, 5.41) is 5.69. The summed E-state index contributed by atoms with van der Waals surface area (Å²) in [6.45, 7) is 8.16. The van der Waals surface area contributed by atoms with Crippen LogP contribution >= 0.6 is 22.9 Å². The van der Waals surface area contributed by atoms with Crippen molar-refractivity contribution in [3.8, 4) is 0 Å². The van der Waals surface area contributed by atoms with Crippen molar-refractivity contribution in [2.45, 2.75) is 39.5 Å². The maximum Gasteiger partial charge on any atom is 0.257 e. The van der Waals surface area contributed by atoms with E-state index < -0.39 is 0 Å². The fourth-order valence-electron chi connectivity index (χ4n) is 1.72. The molecule has 2 heterocycles. The predicted molar refractivity (Wildman–Crippen MR) is 87.5 cm³/mol. The minimum absolute atomic E-state index is 0.211. The van der Waals surface area contributed by atoms with E-state index in [0.29, 0.717) is 21.8 Å². The molecule has 0 bridgehead atoms. The molecule has 0 aliphatic heterocycles. The van der Waals surface area contributed by atoms with Crippen LogP contribution in [-0.2, 0) is 0 Å². The first kappa shape index (κ1) is 15.9. The van der Waals surface area contributed by atoms with Crippen LogP contribution in [0.1, 0.15) is 61.3 Å². The summed E-state index contributed by atoms with van der Waals surface area (Å²) in [5.41, 5.74) is 2.28. The Bertz CT molecular complexity index is 652. The first-order valence-corrected chi connectivity index (χ1v) is 8.07. The van der Waals surface area contributed by atoms with Gasteiger partial charge >= 0.3 is 0 Å². The fraction of sp³-hybridized carbons (Fsp3) is 0.400. The number of rotatable bonds is 4. The third kappa shape index (κ3) is 4.02. The summed E-state index contributed by atoms with van der Waals surface area (Å²) in [6.07, 6.45) is 0. The summed E-state index contributed by atoms with van der Waals surface area (Å²) >= 11 is 7.41. The number of nitrogens with zero attached hydrogens (tertiary/aromatic N) is 2. The van der Waals surface area contributed by atoms with E-state index in [4.69, 9.17) is 11.6 Å². The number of amides is 1. The van der Waals surface area contributed by atoms with E-state index in [1.54, 1.807) is 12.1 Å². The Kier molecular flexibility index (Phi) is 4.96. The molecule has 0 radical (unpaired) electrons. The van der Waals surface area contributed by atoms with Crippen LogP contribution in [0.15, 0.2) is 17.5 Å². The zero-order valence-electron chi connectivity index (χ0n) is 12.5. The van der Waals surface area contributed by atoms with Gasteiger partial charge in [-0.3, -0.25) is 10.1 Å². The summed E-state index contributed by atoms with van der Waals surface area (Å²) in [5.74, 6) is 0.336. The number of halogens is 1. The van der Waals surface area contributed by atoms with Crippen molar-refractivity contribution in [1.82, 2.24) is 9.97 Å². The highest BCUT2D eigenvalue weighted by Gasteiger charge is 2.13. The van der Waals surface area contributed by atoms with Gasteiger partial charge in [0.2, 0.25) is 0 Å². The van der Waals surface area contributed by atoms with Crippen molar-refractivity contribution < 1.29 is 4.79 Å². The molecule has 4 nitrogen and oxygen atoms in total. The molecule has 6 heteroatoms. The largest absolute Gasteiger partial charge is 0.298 e. The molecule has 1 amide bonds. The number of carbonyl (C=O) groups excluding carboxylic acids is 1. The summed E-state index contributed by atoms with van der Waals surface area (Å²) in [6, 6.07) is 3.34. The molecule has 112 valence electrons. The van der Waals surface area contributed by atoms with Gasteiger partial charge in [0.25, 0.3) is 5.91 Å². The normalized spacial score (nSPS) is 11.2. The van der Waals surface area contributed by atoms with Gasteiger partial charge in [-0.05, 0) is 24.0 Å². The van der Waals surface area contributed by atoms with Gasteiger partial charge in [0.15, 0.2) is 5.13 Å². The number of thiazole rings is 1. The molecule has 0 saturated carbocycles. The molecule has 2 aromatic rings. The van der Waals surface area contributed by atoms with E-state index in [1.165, 1.54) is 11.3 Å². The predicted octanol–water partition coefficient (Wildman–Crippen LogP) is 4.69. The van der Waals surface area contributed by atoms with E-state index in [0.717, 1.165) is 11.4 Å². The number of hydrogen-bond acceptors (Lipinski definition) is 4. The van der Waals surface area contributed by atoms with Gasteiger partial charge in [0.05, 0.1) is 5.69 Å². The van der Waals surface area contributed by atoms with Crippen molar-refractivity contribution >= 4 is 34.0 Å². The number of anilines is 1. The zero-order valence-corrected chi connectivity index (χ0v) is 14.0. The molecule has 0 unspecified atom stereocenters. The first-order valence-electron chi connectivity index (χ1n) is 6.81. The molecule has 0 atom stereocenters. The van der Waals surface area contributed by atoms with Gasteiger partial charge in [-0.25, -0.2) is 9.97 Å². The quantitative estimate of drug-likeness (QED) is 0.830. The summed E-state index contributed by atoms with van der Waals surface area (Å²) < 4.78 is 0. The van der Waals surface area contributed by atoms with E-state index >= 15 is 0 Å². The van der Waals surface area contributed by atoms with Gasteiger partial charge < -0.3 is 0 Å². The van der Waals surface area contributed by atoms with Crippen molar-refractivity contribution in [2.24, 2.45) is 0 Å². The van der Waals surface area contributed by atoms with Crippen LogP contribution in [0, 0.1) is 0 Å². The summed E-state index contributed by atoms with van der Waals surface area (Å²) in [7, 11) is 0. The lowest BCUT2D eigenvalue weighted by atomic mass is 10.1. The van der Waals surface area contributed by atoms with Crippen LogP contribution in [0.25, 0.3) is 0 Å². The average Bonchev–Trinajstić information content (AvgIpc) is 2.86. The fourth-order valence-corrected chi connectivity index (χ4v) is 2.80. The Balaban J connectivity index is 2.19. The second-order valence-electron chi connectivity index (χ2n) is 5.44. The Hall–Kier alpha value is -1.46. The topological polar surface area (TPSA) is 54.9 Å². The minimum Gasteiger partial charge on any atom is -0.298 e. The van der Waals surface area contributed by atoms with Gasteiger partial charge in [-0.15, -0.1) is 11.3 Å². The molecule has 0 spiro atoms. The van der Waals surface area contributed by atoms with Gasteiger partial charge in [0, 0.05) is 16.6 Å². The lowest BCUT2D eigenvalue weighted by Gasteiger charge is -2.08. The highest BCUT2D eigenvalue weighted by Crippen LogP contribution is 2.23. The SMILES string of the molecule is CC(C)c1cc(C(=O)Nc2nc(C(C)C)cs2)cc(Cl)n1. The number of aromatic nitrogens is 2. The molecule has 0 fully saturated rings. The number of carbonyl (C=O) groups is 1. The Morgan fingerprint density at radius 1 is 1.14 bits per heavy atom. The lowest BCUT2D eigenvalue weighted by molar-refractivity contribution is 0.102. The molecule has 0 aromatic carbocycles. The lowest BCUT2D eigenvalue weighted by Crippen LogP contribution is -2.13. The van der Waals surface area contributed by atoms with E-state index in [1.807, 2.05) is 19.2 Å². The molecule has 2 aromatic heterocycles. The van der Waals surface area contributed by atoms with E-state index in [9.17, 15) is 4.79 Å². The van der Waals surface area contributed by atoms with Crippen molar-refractivity contribution in [1.29, 1.82) is 0 Å². The van der Waals surface area contributed by atoms with Crippen LogP contribution in [0.5, 0.6) is 0 Å². The Morgan fingerprint density at radius 2 is 1.81 bits per heavy atom. The molecule has 1 N–H and O–H groups in total. The van der Waals surface area contributed by atoms with E-state index in [-0.39, 0.29) is 11.8 Å². The molecule has 0 saturated heterocycles. The standard InChI is InChI=1S/C15H18ClN3OS/c1-8(2)11-5-10(6-13(16)17-11)14(20)19-15-18-12(7-21-15)9(3)4/h5-9H,1-4H3,(H,18,19,20). The van der Waals surface area contributed by atoms with Gasteiger partial charge in [-0.2, -0.15) is 0 Å². The van der Waals surface area contributed by atoms with Crippen molar-refractivity contribution in [3.63, 3.8) is 0 Å². The molecule has 0 aliphatic carbocycles. The number of nitrogens with one attached hydrogen (secondary N) is 1. The van der Waals surface area contributed by atoms with Crippen LogP contribution < -0.4 is 5.32 Å². The molecule has 21 heavy (non-hydrogen) atoms. The Morgan fingerprint density at radius 3 is 2.38 bits per heavy atom. The maximum atomic E-state index is 12.3. The molecular weight excluding hydrogens is 306 g/mol. The van der Waals surface area contributed by atoms with Crippen LogP contribution in [0.2, 0.25) is 5.15 Å². The number of hydrogen-bond donors (Lipinski definition) is 1. The Labute approximate surface area is 133 Å². The highest BCUT2D eigenvalue weighted by molar-refractivity contribution is 7.14. The number of pyridine rings is 1. The van der Waals surface area contributed by atoms with Gasteiger partial charge in [0.1, 0.15) is 5.15 Å². The first-order chi connectivity index (χ1) is 9.86. The second-order valence-corrected chi connectivity index (χ2v) is 6.69. The molecule has 2 rings (SSSR count). The third-order valence-electron chi connectivity index (χ3n) is 3.00. The average molecular weight is 324 g/mol. The minimum atomic E-state index is -0.217. The second kappa shape index (κ2) is 6.54. The molecular formula is C15H18ClN3OS. The van der Waals surface area contributed by atoms with Gasteiger partial charge in [-0.1, -0.05) is 39.3 Å². The zero-order chi connectivity index (χ0) is 15.6. The third-order valence-corrected chi connectivity index (χ3v) is 3.97. The van der Waals surface area contributed by atoms with E-state index in [2.05, 4.69) is 29.1 Å². The highest BCUT2D eigenvalue weighted by atomic mass is 35.5. The monoisotopic (exact) mass is 323 g/mol. The van der Waals surface area contributed by atoms with Crippen LogP contribution in [0.3, 0.4) is 0 Å².